The Morgan fingerprint density at radius 2 is 1.71 bits per heavy atom. The molecule has 3 rings (SSSR count). The number of unbranched alkanes of at least 4 members (excludes halogenated alkanes) is 1. The van der Waals surface area contributed by atoms with E-state index in [2.05, 4.69) is 24.0 Å². The van der Waals surface area contributed by atoms with Crippen LogP contribution in [0.25, 0.3) is 16.7 Å². The van der Waals surface area contributed by atoms with Crippen LogP contribution in [-0.2, 0) is 6.18 Å². The number of nitrogens with zero attached hydrogens (tertiary/aromatic N) is 3. The fraction of sp³-hybridized carbons (Fsp3) is 0.429. The Kier molecular flexibility index (Phi) is 5.91. The molecule has 0 saturated heterocycles. The number of phenols is 1. The van der Waals surface area contributed by atoms with Crippen molar-refractivity contribution >= 4 is 11.0 Å². The fourth-order valence-electron chi connectivity index (χ4n) is 3.43. The highest BCUT2D eigenvalue weighted by atomic mass is 19.4. The zero-order chi connectivity index (χ0) is 20.3. The molecule has 1 N–H and O–H groups in total. The van der Waals surface area contributed by atoms with Crippen LogP contribution < -0.4 is 0 Å². The first-order valence-electron chi connectivity index (χ1n) is 9.61. The van der Waals surface area contributed by atoms with Gasteiger partial charge in [-0.1, -0.05) is 39.2 Å². The van der Waals surface area contributed by atoms with Crippen LogP contribution in [0.3, 0.4) is 0 Å². The Morgan fingerprint density at radius 1 is 0.964 bits per heavy atom. The quantitative estimate of drug-likeness (QED) is 0.520. The number of hydrogen-bond donors (Lipinski definition) is 1. The molecular weight excluding hydrogens is 367 g/mol. The molecule has 1 aromatic heterocycles. The number of hydrogen-bond acceptors (Lipinski definition) is 3. The van der Waals surface area contributed by atoms with Crippen LogP contribution in [0, 0.1) is 0 Å². The van der Waals surface area contributed by atoms with E-state index >= 15 is 0 Å². The average Bonchev–Trinajstić information content (AvgIpc) is 3.08. The lowest BCUT2D eigenvalue weighted by atomic mass is 9.89. The van der Waals surface area contributed by atoms with Gasteiger partial charge < -0.3 is 5.11 Å². The number of halogens is 3. The van der Waals surface area contributed by atoms with Gasteiger partial charge in [-0.05, 0) is 54.7 Å². The summed E-state index contributed by atoms with van der Waals surface area (Å²) in [4.78, 5) is 1.21. The number of aromatic hydroxyl groups is 1. The Bertz CT molecular complexity index is 950. The molecule has 1 unspecified atom stereocenters. The van der Waals surface area contributed by atoms with Gasteiger partial charge in [-0.15, -0.1) is 15.0 Å². The van der Waals surface area contributed by atoms with Crippen molar-refractivity contribution in [1.29, 1.82) is 0 Å². The lowest BCUT2D eigenvalue weighted by Crippen LogP contribution is -2.04. The van der Waals surface area contributed by atoms with Gasteiger partial charge in [-0.3, -0.25) is 0 Å². The molecule has 0 bridgehead atoms. The molecule has 1 atom stereocenters. The molecule has 1 heterocycles. The molecule has 28 heavy (non-hydrogen) atoms. The highest BCUT2D eigenvalue weighted by Gasteiger charge is 2.31. The summed E-state index contributed by atoms with van der Waals surface area (Å²) >= 11 is 0. The summed E-state index contributed by atoms with van der Waals surface area (Å²) in [6.07, 6.45) is 0.927. The minimum atomic E-state index is -4.44. The Morgan fingerprint density at radius 3 is 2.39 bits per heavy atom. The summed E-state index contributed by atoms with van der Waals surface area (Å²) in [5, 5.41) is 18.7. The minimum absolute atomic E-state index is 0.00848. The van der Waals surface area contributed by atoms with E-state index in [0.717, 1.165) is 49.8 Å². The zero-order valence-corrected chi connectivity index (χ0v) is 16.0. The normalized spacial score (nSPS) is 13.2. The second kappa shape index (κ2) is 8.20. The average molecular weight is 391 g/mol. The Hall–Kier alpha value is -2.57. The second-order valence-electron chi connectivity index (χ2n) is 7.07. The van der Waals surface area contributed by atoms with Crippen molar-refractivity contribution in [3.05, 3.63) is 47.5 Å². The van der Waals surface area contributed by atoms with Gasteiger partial charge in [-0.2, -0.15) is 13.2 Å². The first-order chi connectivity index (χ1) is 13.3. The molecule has 0 saturated carbocycles. The van der Waals surface area contributed by atoms with E-state index < -0.39 is 11.7 Å². The van der Waals surface area contributed by atoms with E-state index in [-0.39, 0.29) is 11.3 Å². The smallest absolute Gasteiger partial charge is 0.416 e. The van der Waals surface area contributed by atoms with Crippen molar-refractivity contribution < 1.29 is 18.3 Å². The lowest BCUT2D eigenvalue weighted by molar-refractivity contribution is -0.137. The molecule has 0 amide bonds. The second-order valence-corrected chi connectivity index (χ2v) is 7.07. The largest absolute Gasteiger partial charge is 0.506 e. The molecule has 0 aliphatic carbocycles. The third-order valence-corrected chi connectivity index (χ3v) is 4.94. The van der Waals surface area contributed by atoms with Crippen LogP contribution >= 0.6 is 0 Å². The first kappa shape index (κ1) is 20.2. The molecule has 7 heteroatoms. The molecule has 0 fully saturated rings. The van der Waals surface area contributed by atoms with Crippen molar-refractivity contribution in [3.63, 3.8) is 0 Å². The van der Waals surface area contributed by atoms with Gasteiger partial charge in [0.2, 0.25) is 0 Å². The molecule has 0 radical (unpaired) electrons. The van der Waals surface area contributed by atoms with Gasteiger partial charge in [0.1, 0.15) is 22.5 Å². The maximum atomic E-state index is 12.9. The van der Waals surface area contributed by atoms with Gasteiger partial charge in [0.15, 0.2) is 0 Å². The monoisotopic (exact) mass is 391 g/mol. The third-order valence-electron chi connectivity index (χ3n) is 4.94. The van der Waals surface area contributed by atoms with Gasteiger partial charge in [-0.25, -0.2) is 0 Å². The maximum Gasteiger partial charge on any atom is 0.416 e. The molecule has 4 nitrogen and oxygen atoms in total. The van der Waals surface area contributed by atoms with Crippen LogP contribution in [-0.4, -0.2) is 20.1 Å². The molecule has 3 aromatic rings. The molecular formula is C21H24F3N3O. The summed E-state index contributed by atoms with van der Waals surface area (Å²) in [5.74, 6) is 0.358. The standard InChI is InChI=1S/C21H24F3N3O/c1-3-5-7-14(6-4-2)15-8-11-20(28)19(12-15)27-25-17-10-9-16(21(22,23)24)13-18(17)26-27/h8-14,28H,3-7H2,1-2H3. The number of aromatic nitrogens is 3. The highest BCUT2D eigenvalue weighted by Crippen LogP contribution is 2.33. The predicted octanol–water partition coefficient (Wildman–Crippen LogP) is 6.22. The fourth-order valence-corrected chi connectivity index (χ4v) is 3.43. The van der Waals surface area contributed by atoms with Crippen molar-refractivity contribution in [2.24, 2.45) is 0 Å². The van der Waals surface area contributed by atoms with E-state index in [1.54, 1.807) is 6.07 Å². The summed E-state index contributed by atoms with van der Waals surface area (Å²) < 4.78 is 38.8. The number of benzene rings is 2. The van der Waals surface area contributed by atoms with Crippen LogP contribution in [0.4, 0.5) is 13.2 Å². The maximum absolute atomic E-state index is 12.9. The molecule has 0 spiro atoms. The van der Waals surface area contributed by atoms with Gasteiger partial charge in [0.05, 0.1) is 5.56 Å². The van der Waals surface area contributed by atoms with Gasteiger partial charge in [0, 0.05) is 0 Å². The summed E-state index contributed by atoms with van der Waals surface area (Å²) in [5.41, 5.74) is 1.16. The van der Waals surface area contributed by atoms with Crippen LogP contribution in [0.5, 0.6) is 5.75 Å². The Labute approximate surface area is 162 Å². The van der Waals surface area contributed by atoms with E-state index in [1.165, 1.54) is 10.9 Å². The van der Waals surface area contributed by atoms with Crippen LogP contribution in [0.2, 0.25) is 0 Å². The molecule has 0 aliphatic heterocycles. The molecule has 150 valence electrons. The van der Waals surface area contributed by atoms with Gasteiger partial charge >= 0.3 is 6.18 Å². The lowest BCUT2D eigenvalue weighted by Gasteiger charge is -2.17. The van der Waals surface area contributed by atoms with E-state index in [0.29, 0.717) is 17.1 Å². The highest BCUT2D eigenvalue weighted by molar-refractivity contribution is 5.75. The predicted molar refractivity (Wildman–Crippen MR) is 103 cm³/mol. The zero-order valence-electron chi connectivity index (χ0n) is 16.0. The van der Waals surface area contributed by atoms with Crippen molar-refractivity contribution in [2.75, 3.05) is 0 Å². The van der Waals surface area contributed by atoms with Crippen molar-refractivity contribution in [3.8, 4) is 11.4 Å². The molecule has 2 aromatic carbocycles. The number of fused-ring (bicyclic) bond motifs is 1. The van der Waals surface area contributed by atoms with Crippen molar-refractivity contribution in [2.45, 2.75) is 58.0 Å². The SMILES string of the molecule is CCCCC(CCC)c1ccc(O)c(-n2nc3ccc(C(F)(F)F)cc3n2)c1. The summed E-state index contributed by atoms with van der Waals surface area (Å²) in [7, 11) is 0. The van der Waals surface area contributed by atoms with E-state index in [9.17, 15) is 18.3 Å². The number of phenolic OH excluding ortho intramolecular Hbond substituents is 1. The summed E-state index contributed by atoms with van der Waals surface area (Å²) in [6.45, 7) is 4.29. The topological polar surface area (TPSA) is 50.9 Å². The Balaban J connectivity index is 2.00. The van der Waals surface area contributed by atoms with Crippen LogP contribution in [0.15, 0.2) is 36.4 Å². The van der Waals surface area contributed by atoms with Crippen LogP contribution in [0.1, 0.15) is 63.0 Å². The first-order valence-corrected chi connectivity index (χ1v) is 9.61. The number of rotatable bonds is 7. The minimum Gasteiger partial charge on any atom is -0.506 e. The van der Waals surface area contributed by atoms with E-state index in [4.69, 9.17) is 0 Å². The number of alkyl halides is 3. The van der Waals surface area contributed by atoms with Gasteiger partial charge in [0.25, 0.3) is 0 Å². The van der Waals surface area contributed by atoms with E-state index in [1.807, 2.05) is 12.1 Å². The summed E-state index contributed by atoms with van der Waals surface area (Å²) in [6, 6.07) is 8.60. The third kappa shape index (κ3) is 4.29. The van der Waals surface area contributed by atoms with Crippen molar-refractivity contribution in [1.82, 2.24) is 15.0 Å². The molecule has 0 aliphatic rings.